The first kappa shape index (κ1) is 86.4. The van der Waals surface area contributed by atoms with Gasteiger partial charge in [-0.05, 0) is 88.8 Å². The van der Waals surface area contributed by atoms with Crippen LogP contribution in [-0.2, 0) is 37.2 Å². The van der Waals surface area contributed by atoms with Crippen LogP contribution < -0.4 is 37.2 Å². The van der Waals surface area contributed by atoms with Crippen LogP contribution in [0.5, 0.6) is 0 Å². The van der Waals surface area contributed by atoms with Gasteiger partial charge in [0.05, 0.1) is 99.4 Å². The van der Waals surface area contributed by atoms with E-state index in [9.17, 15) is 0 Å². The molecule has 0 bridgehead atoms. The SMILES string of the molecule is C/C=C/CNc1ncnc2nc[nH]c12.CC(C)=CCNc1ncnc2nc[nH]c12.CCCCNc1ncnc2nc[nH]c12.c1cc(CNc2ncnc3nc[nH]c23)ccn1.c1cc(CNc2ncnc3nc[nH]c23)ncn1.c1cnc(CNc2ncnc3nc[nH]c23)cn1.c1coc(CCc2ncnc3nc[nH]c23)c1.c1nc(NCC2CCCCO2)c2[nH]cnc2n1. The van der Waals surface area contributed by atoms with Crippen LogP contribution in [-0.4, -0.2) is 223 Å². The Balaban J connectivity index is 0.000000118. The lowest BCUT2D eigenvalue weighted by atomic mass is 10.1. The zero-order chi connectivity index (χ0) is 87.1. The molecular formula is C81H90N44O2. The van der Waals surface area contributed by atoms with E-state index in [-0.39, 0.29) is 6.10 Å². The van der Waals surface area contributed by atoms with Crippen molar-refractivity contribution in [3.63, 3.8) is 0 Å². The number of rotatable bonds is 25. The van der Waals surface area contributed by atoms with E-state index in [4.69, 9.17) is 9.15 Å². The second-order valence-electron chi connectivity index (χ2n) is 27.3. The van der Waals surface area contributed by atoms with Crippen molar-refractivity contribution in [2.45, 2.75) is 98.4 Å². The Morgan fingerprint density at radius 1 is 0.394 bits per heavy atom. The number of fused-ring (bicyclic) bond motifs is 8. The highest BCUT2D eigenvalue weighted by Gasteiger charge is 2.17. The molecule has 1 atom stereocenters. The van der Waals surface area contributed by atoms with Crippen LogP contribution in [0.2, 0.25) is 0 Å². The van der Waals surface area contributed by atoms with E-state index in [1.165, 1.54) is 75.5 Å². The fraction of sp³-hybridized carbons (Fsp3) is 0.247. The second-order valence-corrected chi connectivity index (χ2v) is 27.3. The summed E-state index contributed by atoms with van der Waals surface area (Å²) in [4.78, 5) is 143. The average Bonchev–Trinajstić information content (AvgIpc) is 1.77. The molecule has 1 fully saturated rings. The molecule has 46 nitrogen and oxygen atoms in total. The van der Waals surface area contributed by atoms with Crippen LogP contribution in [0.3, 0.4) is 0 Å². The zero-order valence-corrected chi connectivity index (χ0v) is 69.4. The monoisotopic (exact) mass is 1710 g/mol. The third-order valence-electron chi connectivity index (χ3n) is 18.4. The summed E-state index contributed by atoms with van der Waals surface area (Å²) in [7, 11) is 0. The summed E-state index contributed by atoms with van der Waals surface area (Å²) in [6.07, 6.45) is 52.3. The maximum Gasteiger partial charge on any atom is 0.182 e. The lowest BCUT2D eigenvalue weighted by Crippen LogP contribution is -2.27. The molecule has 0 radical (unpaired) electrons. The minimum Gasteiger partial charge on any atom is -0.469 e. The number of nitrogens with zero attached hydrogens (tertiary/aromatic N) is 29. The Bertz CT molecular complexity index is 6390. The molecule has 0 aromatic carbocycles. The van der Waals surface area contributed by atoms with Crippen LogP contribution >= 0.6 is 0 Å². The summed E-state index contributed by atoms with van der Waals surface area (Å²) in [6.45, 7) is 14.2. The highest BCUT2D eigenvalue weighted by Crippen LogP contribution is 2.23. The number of aromatic amines is 8. The van der Waals surface area contributed by atoms with Gasteiger partial charge in [0.15, 0.2) is 85.9 Å². The predicted molar refractivity (Wildman–Crippen MR) is 477 cm³/mol. The molecule has 21 heterocycles. The molecule has 0 aliphatic carbocycles. The molecule has 1 aliphatic heterocycles. The first-order chi connectivity index (χ1) is 62.8. The second kappa shape index (κ2) is 46.2. The quantitative estimate of drug-likeness (QED) is 0.0187. The highest BCUT2D eigenvalue weighted by molar-refractivity contribution is 5.86. The van der Waals surface area contributed by atoms with Gasteiger partial charge in [0, 0.05) is 76.7 Å². The number of furan rings is 1. The van der Waals surface area contributed by atoms with Crippen LogP contribution in [0.15, 0.2) is 210 Å². The number of allylic oxidation sites excluding steroid dienone is 2. The fourth-order valence-corrected chi connectivity index (χ4v) is 12.1. The summed E-state index contributed by atoms with van der Waals surface area (Å²) in [5.74, 6) is 6.34. The fourth-order valence-electron chi connectivity index (χ4n) is 12.1. The van der Waals surface area contributed by atoms with Gasteiger partial charge >= 0.3 is 0 Å². The van der Waals surface area contributed by atoms with E-state index < -0.39 is 0 Å². The molecule has 20 aromatic rings. The lowest BCUT2D eigenvalue weighted by molar-refractivity contribution is 0.0247. The molecule has 646 valence electrons. The van der Waals surface area contributed by atoms with Crippen molar-refractivity contribution in [3.8, 4) is 0 Å². The molecule has 0 spiro atoms. The summed E-state index contributed by atoms with van der Waals surface area (Å²) in [5, 5.41) is 22.5. The number of hydrogen-bond acceptors (Lipinski definition) is 38. The van der Waals surface area contributed by atoms with E-state index in [1.54, 1.807) is 100 Å². The number of aromatic nitrogens is 37. The summed E-state index contributed by atoms with van der Waals surface area (Å²) >= 11 is 0. The molecule has 21 rings (SSSR count). The molecule has 0 saturated carbocycles. The first-order valence-corrected chi connectivity index (χ1v) is 40.3. The van der Waals surface area contributed by atoms with Gasteiger partial charge < -0.3 is 86.2 Å². The Labute approximate surface area is 722 Å². The van der Waals surface area contributed by atoms with E-state index in [0.29, 0.717) is 76.4 Å². The molecule has 1 saturated heterocycles. The Hall–Kier alpha value is -17.0. The number of imidazole rings is 8. The predicted octanol–water partition coefficient (Wildman–Crippen LogP) is 10.6. The number of aryl methyl sites for hydroxylation is 2. The number of ether oxygens (including phenoxy) is 1. The van der Waals surface area contributed by atoms with E-state index in [2.05, 4.69) is 248 Å². The normalized spacial score (nSPS) is 12.0. The van der Waals surface area contributed by atoms with Crippen molar-refractivity contribution < 1.29 is 9.15 Å². The van der Waals surface area contributed by atoms with E-state index >= 15 is 0 Å². The van der Waals surface area contributed by atoms with Crippen LogP contribution in [0.25, 0.3) is 89.3 Å². The van der Waals surface area contributed by atoms with Crippen molar-refractivity contribution in [1.29, 1.82) is 0 Å². The van der Waals surface area contributed by atoms with Gasteiger partial charge in [-0.3, -0.25) is 15.0 Å². The van der Waals surface area contributed by atoms with Gasteiger partial charge in [0.1, 0.15) is 107 Å². The molecule has 127 heavy (non-hydrogen) atoms. The number of hydrogen-bond donors (Lipinski definition) is 15. The number of pyridine rings is 1. The Morgan fingerprint density at radius 3 is 1.27 bits per heavy atom. The number of anilines is 7. The van der Waals surface area contributed by atoms with Crippen molar-refractivity contribution in [2.75, 3.05) is 70.0 Å². The number of unbranched alkanes of at least 4 members (excludes halogenated alkanes) is 1. The lowest BCUT2D eigenvalue weighted by Gasteiger charge is -2.22. The van der Waals surface area contributed by atoms with Crippen LogP contribution in [0, 0.1) is 0 Å². The largest absolute Gasteiger partial charge is 0.469 e. The number of H-pyrrole nitrogens is 8. The minimum atomic E-state index is 0.289. The third kappa shape index (κ3) is 25.1. The highest BCUT2D eigenvalue weighted by atomic mass is 16.5. The smallest absolute Gasteiger partial charge is 0.182 e. The molecule has 1 unspecified atom stereocenters. The van der Waals surface area contributed by atoms with Crippen molar-refractivity contribution in [3.05, 3.63) is 234 Å². The van der Waals surface area contributed by atoms with Gasteiger partial charge in [-0.2, -0.15) is 0 Å². The Kier molecular flexibility index (Phi) is 31.4. The van der Waals surface area contributed by atoms with Crippen molar-refractivity contribution >= 4 is 130 Å². The summed E-state index contributed by atoms with van der Waals surface area (Å²) in [6, 6.07) is 9.61. The molecule has 1 aliphatic rings. The van der Waals surface area contributed by atoms with Crippen LogP contribution in [0.1, 0.15) is 88.2 Å². The zero-order valence-electron chi connectivity index (χ0n) is 69.4. The Morgan fingerprint density at radius 2 is 0.835 bits per heavy atom. The standard InChI is InChI=1S/C11H10N6.C11H15N5O.C11H10N4O.2C10H9N7.C10H13N5.C9H13N5.C9H11N5/c1-3-12-4-2-8(1)5-13-10-9-11(15-6-14-9)17-7-16-10;1-2-4-17-8(3-1)5-12-10-9-11(14-6-13-9)16-7-15-10;1-2-8(16-5-1)3-4-9-10-11(14-6-12-9)15-7-13-10;1-2-12-7(3-11-1)4-13-9-8-10(15-5-14-8)17-6-16-9;1-2-11-4-13-7(1)3-12-9-8-10(15-5-14-8)17-6-16-9;1-7(2)3-4-11-9-8-10(13-5-12-8)15-6-14-9;2*1-2-3-4-10-8-7-9(12-5-11-7)14-6-13-8/h1-4,6-7H,5H2,(H2,13,14,15,16,17);6-8H,1-5H2,(H2,12,13,14,15,16);1-2,5-7H,3-4H2,(H,12,13,14,15);1-3,5-6H,4H2,(H2,13,14,15,16,17);1-2,4-6H,3H2,(H2,12,14,15,16,17);3,5-6H,4H2,1-2H3,(H2,11,12,13,14,15);5-6H,2-4H2,1H3,(H2,10,11,12,13,14);2-3,5-6H,4H2,1H3,(H2,10,11,12,13,14)/b;;;;;;;3-2+. The number of nitrogens with one attached hydrogen (secondary N) is 15. The van der Waals surface area contributed by atoms with Crippen molar-refractivity contribution in [2.24, 2.45) is 0 Å². The minimum absolute atomic E-state index is 0.289. The van der Waals surface area contributed by atoms with Gasteiger partial charge in [-0.15, -0.1) is 0 Å². The first-order valence-electron chi connectivity index (χ1n) is 40.3. The van der Waals surface area contributed by atoms with Gasteiger partial charge in [-0.1, -0.05) is 37.1 Å². The van der Waals surface area contributed by atoms with Gasteiger partial charge in [0.2, 0.25) is 0 Å². The molecule has 46 heteroatoms. The topological polar surface area (TPSA) is 607 Å². The molecule has 0 amide bonds. The molecule has 15 N–H and O–H groups in total. The van der Waals surface area contributed by atoms with Gasteiger partial charge in [-0.25, -0.2) is 130 Å². The maximum absolute atomic E-state index is 5.66. The molecule has 20 aromatic heterocycles. The van der Waals surface area contributed by atoms with Crippen molar-refractivity contribution in [1.82, 2.24) is 184 Å². The average molecular weight is 1710 g/mol. The maximum atomic E-state index is 5.66. The van der Waals surface area contributed by atoms with E-state index in [0.717, 1.165) is 160 Å². The summed E-state index contributed by atoms with van der Waals surface area (Å²) in [5.41, 5.74) is 17.3. The molecular weight excluding hydrogens is 1620 g/mol. The third-order valence-corrected chi connectivity index (χ3v) is 18.4. The van der Waals surface area contributed by atoms with Gasteiger partial charge in [0.25, 0.3) is 0 Å². The van der Waals surface area contributed by atoms with E-state index in [1.807, 2.05) is 49.4 Å². The van der Waals surface area contributed by atoms with Crippen LogP contribution in [0.4, 0.5) is 40.7 Å². The summed E-state index contributed by atoms with van der Waals surface area (Å²) < 4.78 is 10.9.